The second-order valence-electron chi connectivity index (χ2n) is 9.44. The summed E-state index contributed by atoms with van der Waals surface area (Å²) >= 11 is 8.71. The van der Waals surface area contributed by atoms with E-state index in [0.29, 0.717) is 17.8 Å². The normalized spacial score (nSPS) is 16.5. The summed E-state index contributed by atoms with van der Waals surface area (Å²) in [6.07, 6.45) is 5.27. The Labute approximate surface area is 238 Å². The second-order valence-corrected chi connectivity index (χ2v) is 10.7. The third kappa shape index (κ3) is 4.68. The molecule has 1 aromatic heterocycles. The van der Waals surface area contributed by atoms with Crippen LogP contribution in [0.3, 0.4) is 0 Å². The van der Waals surface area contributed by atoms with Crippen molar-refractivity contribution in [1.82, 2.24) is 9.88 Å². The molecular formula is C30H23BrN4O3S. The average Bonchev–Trinajstić information content (AvgIpc) is 3.28. The second kappa shape index (κ2) is 10.2. The lowest BCUT2D eigenvalue weighted by atomic mass is 10.0. The maximum Gasteiger partial charge on any atom is 0.270 e. The first-order valence-electron chi connectivity index (χ1n) is 12.5. The largest absolute Gasteiger partial charge is 0.337 e. The Kier molecular flexibility index (Phi) is 6.62. The Morgan fingerprint density at radius 3 is 2.56 bits per heavy atom. The molecule has 2 aliphatic heterocycles. The summed E-state index contributed by atoms with van der Waals surface area (Å²) in [5.74, 6) is -1.08. The summed E-state index contributed by atoms with van der Waals surface area (Å²) in [5.41, 5.74) is 4.15. The van der Waals surface area contributed by atoms with Crippen LogP contribution in [0.2, 0.25) is 0 Å². The molecule has 3 amide bonds. The minimum Gasteiger partial charge on any atom is -0.337 e. The molecule has 194 valence electrons. The molecule has 4 aromatic rings. The predicted molar refractivity (Wildman–Crippen MR) is 159 cm³/mol. The van der Waals surface area contributed by atoms with Gasteiger partial charge in [0.25, 0.3) is 11.8 Å². The topological polar surface area (TPSA) is 74.6 Å². The van der Waals surface area contributed by atoms with Gasteiger partial charge in [-0.25, -0.2) is 0 Å². The lowest BCUT2D eigenvalue weighted by molar-refractivity contribution is -0.122. The molecular weight excluding hydrogens is 576 g/mol. The number of benzene rings is 3. The van der Waals surface area contributed by atoms with Crippen molar-refractivity contribution in [3.63, 3.8) is 0 Å². The van der Waals surface area contributed by atoms with E-state index in [9.17, 15) is 14.4 Å². The van der Waals surface area contributed by atoms with Crippen molar-refractivity contribution < 1.29 is 14.4 Å². The van der Waals surface area contributed by atoms with Crippen LogP contribution in [-0.2, 0) is 27.3 Å². The number of carbonyl (C=O) groups is 3. The molecule has 7 nitrogen and oxygen atoms in total. The van der Waals surface area contributed by atoms with E-state index >= 15 is 0 Å². The van der Waals surface area contributed by atoms with Crippen LogP contribution in [-0.4, -0.2) is 33.9 Å². The number of amides is 3. The number of para-hydroxylation sites is 2. The SMILES string of the molecule is O=C1NC(=S)N(c2ccc(Br)cc2)C(=O)C1=Cc1cn(CC(=O)N2CCCc3ccccc32)c2ccccc12. The Balaban J connectivity index is 1.35. The first-order chi connectivity index (χ1) is 18.9. The zero-order valence-corrected chi connectivity index (χ0v) is 23.2. The summed E-state index contributed by atoms with van der Waals surface area (Å²) in [5, 5.41) is 3.49. The summed E-state index contributed by atoms with van der Waals surface area (Å²) in [6, 6.07) is 22.8. The zero-order chi connectivity index (χ0) is 27.1. The number of fused-ring (bicyclic) bond motifs is 2. The third-order valence-corrected chi connectivity index (χ3v) is 7.84. The Morgan fingerprint density at radius 2 is 1.74 bits per heavy atom. The number of hydrogen-bond acceptors (Lipinski definition) is 4. The van der Waals surface area contributed by atoms with Gasteiger partial charge in [-0.15, -0.1) is 0 Å². The number of anilines is 2. The minimum absolute atomic E-state index is 0.0136. The van der Waals surface area contributed by atoms with Crippen LogP contribution in [0.25, 0.3) is 17.0 Å². The van der Waals surface area contributed by atoms with Gasteiger partial charge in [-0.2, -0.15) is 0 Å². The van der Waals surface area contributed by atoms with Gasteiger partial charge in [0, 0.05) is 39.4 Å². The van der Waals surface area contributed by atoms with E-state index in [4.69, 9.17) is 12.2 Å². The van der Waals surface area contributed by atoms with Gasteiger partial charge in [0.05, 0.1) is 5.69 Å². The molecule has 3 aromatic carbocycles. The molecule has 0 aliphatic carbocycles. The monoisotopic (exact) mass is 598 g/mol. The molecule has 1 fully saturated rings. The highest BCUT2D eigenvalue weighted by molar-refractivity contribution is 9.10. The van der Waals surface area contributed by atoms with E-state index in [2.05, 4.69) is 27.3 Å². The molecule has 0 radical (unpaired) electrons. The highest BCUT2D eigenvalue weighted by Crippen LogP contribution is 2.30. The molecule has 39 heavy (non-hydrogen) atoms. The first kappa shape index (κ1) is 25.2. The lowest BCUT2D eigenvalue weighted by Crippen LogP contribution is -2.54. The van der Waals surface area contributed by atoms with Crippen LogP contribution >= 0.6 is 28.1 Å². The quantitative estimate of drug-likeness (QED) is 0.199. The van der Waals surface area contributed by atoms with Crippen molar-refractivity contribution in [2.45, 2.75) is 19.4 Å². The Morgan fingerprint density at radius 1 is 1.00 bits per heavy atom. The molecule has 9 heteroatoms. The number of rotatable bonds is 4. The number of nitrogens with zero attached hydrogens (tertiary/aromatic N) is 3. The maximum absolute atomic E-state index is 13.5. The van der Waals surface area contributed by atoms with Crippen LogP contribution in [0.4, 0.5) is 11.4 Å². The average molecular weight is 600 g/mol. The van der Waals surface area contributed by atoms with Gasteiger partial charge in [0.1, 0.15) is 12.1 Å². The van der Waals surface area contributed by atoms with Gasteiger partial charge in [-0.1, -0.05) is 52.3 Å². The van der Waals surface area contributed by atoms with E-state index in [1.54, 1.807) is 30.3 Å². The standard InChI is InChI=1S/C30H23BrN4O3S/c31-21-11-13-22(14-12-21)35-29(38)24(28(37)32-30(35)39)16-20-17-33(26-10-4-2-8-23(20)26)18-27(36)34-15-5-7-19-6-1-3-9-25(19)34/h1-4,6,8-14,16-17H,5,7,15,18H2,(H,32,37,39). The van der Waals surface area contributed by atoms with Crippen LogP contribution in [0.15, 0.2) is 89.0 Å². The van der Waals surface area contributed by atoms with Gasteiger partial charge in [-0.3, -0.25) is 24.6 Å². The van der Waals surface area contributed by atoms with E-state index in [-0.39, 0.29) is 23.1 Å². The van der Waals surface area contributed by atoms with Crippen LogP contribution in [0, 0.1) is 0 Å². The van der Waals surface area contributed by atoms with Crippen LogP contribution < -0.4 is 15.1 Å². The molecule has 1 N–H and O–H groups in total. The fourth-order valence-corrected chi connectivity index (χ4v) is 5.73. The number of halogens is 1. The fourth-order valence-electron chi connectivity index (χ4n) is 5.18. The van der Waals surface area contributed by atoms with Crippen molar-refractivity contribution in [3.8, 4) is 0 Å². The van der Waals surface area contributed by atoms with Gasteiger partial charge in [0.15, 0.2) is 5.11 Å². The summed E-state index contributed by atoms with van der Waals surface area (Å²) in [7, 11) is 0. The van der Waals surface area contributed by atoms with Gasteiger partial charge >= 0.3 is 0 Å². The van der Waals surface area contributed by atoms with Crippen molar-refractivity contribution in [1.29, 1.82) is 0 Å². The summed E-state index contributed by atoms with van der Waals surface area (Å²) < 4.78 is 2.74. The van der Waals surface area contributed by atoms with Crippen LogP contribution in [0.1, 0.15) is 17.5 Å². The number of carbonyl (C=O) groups excluding carboxylic acids is 3. The predicted octanol–water partition coefficient (Wildman–Crippen LogP) is 5.21. The molecule has 0 unspecified atom stereocenters. The lowest BCUT2D eigenvalue weighted by Gasteiger charge is -2.29. The molecule has 0 atom stereocenters. The summed E-state index contributed by atoms with van der Waals surface area (Å²) in [4.78, 5) is 43.1. The van der Waals surface area contributed by atoms with Crippen molar-refractivity contribution in [2.75, 3.05) is 16.3 Å². The number of nitrogens with one attached hydrogen (secondary N) is 1. The molecule has 0 spiro atoms. The van der Waals surface area contributed by atoms with Gasteiger partial charge in [-0.05, 0) is 73.1 Å². The number of hydrogen-bond donors (Lipinski definition) is 1. The minimum atomic E-state index is -0.559. The molecule has 0 bridgehead atoms. The summed E-state index contributed by atoms with van der Waals surface area (Å²) in [6.45, 7) is 0.805. The molecule has 6 rings (SSSR count). The van der Waals surface area contributed by atoms with Gasteiger partial charge in [0.2, 0.25) is 5.91 Å². The number of aryl methyl sites for hydroxylation is 1. The Hall–Kier alpha value is -4.08. The van der Waals surface area contributed by atoms with Crippen molar-refractivity contribution in [2.24, 2.45) is 0 Å². The fraction of sp³-hybridized carbons (Fsp3) is 0.133. The highest BCUT2D eigenvalue weighted by Gasteiger charge is 2.34. The van der Waals surface area contributed by atoms with Crippen molar-refractivity contribution >= 4 is 79.3 Å². The molecule has 2 aliphatic rings. The van der Waals surface area contributed by atoms with Crippen LogP contribution in [0.5, 0.6) is 0 Å². The van der Waals surface area contributed by atoms with E-state index in [1.165, 1.54) is 10.5 Å². The van der Waals surface area contributed by atoms with Crippen molar-refractivity contribution in [3.05, 3.63) is 100 Å². The van der Waals surface area contributed by atoms with E-state index in [1.807, 2.05) is 58.1 Å². The van der Waals surface area contributed by atoms with E-state index < -0.39 is 11.8 Å². The highest BCUT2D eigenvalue weighted by atomic mass is 79.9. The first-order valence-corrected chi connectivity index (χ1v) is 13.7. The third-order valence-electron chi connectivity index (χ3n) is 7.02. The molecule has 1 saturated heterocycles. The molecule has 0 saturated carbocycles. The van der Waals surface area contributed by atoms with E-state index in [0.717, 1.165) is 33.9 Å². The Bertz CT molecular complexity index is 1690. The number of thiocarbonyl (C=S) groups is 1. The number of aromatic nitrogens is 1. The zero-order valence-electron chi connectivity index (χ0n) is 20.8. The maximum atomic E-state index is 13.5. The smallest absolute Gasteiger partial charge is 0.270 e. The molecule has 3 heterocycles. The van der Waals surface area contributed by atoms with Gasteiger partial charge < -0.3 is 9.47 Å².